The molecule has 0 amide bonds. The van der Waals surface area contributed by atoms with Gasteiger partial charge in [-0.15, -0.1) is 11.3 Å². The van der Waals surface area contributed by atoms with Crippen LogP contribution in [0.3, 0.4) is 0 Å². The van der Waals surface area contributed by atoms with Crippen molar-refractivity contribution in [3.05, 3.63) is 16.1 Å². The highest BCUT2D eigenvalue weighted by atomic mass is 32.1. The maximum atomic E-state index is 4.68. The second-order valence-electron chi connectivity index (χ2n) is 4.76. The van der Waals surface area contributed by atoms with Gasteiger partial charge in [0.1, 0.15) is 0 Å². The third kappa shape index (κ3) is 3.29. The zero-order chi connectivity index (χ0) is 11.4. The van der Waals surface area contributed by atoms with Gasteiger partial charge in [-0.1, -0.05) is 26.7 Å². The van der Waals surface area contributed by atoms with Gasteiger partial charge in [0.05, 0.1) is 10.7 Å². The molecule has 1 saturated carbocycles. The molecule has 0 atom stereocenters. The van der Waals surface area contributed by atoms with Gasteiger partial charge < -0.3 is 5.32 Å². The number of thiazole rings is 1. The lowest BCUT2D eigenvalue weighted by Crippen LogP contribution is -2.21. The van der Waals surface area contributed by atoms with Crippen molar-refractivity contribution < 1.29 is 0 Å². The van der Waals surface area contributed by atoms with Gasteiger partial charge in [0.2, 0.25) is 0 Å². The van der Waals surface area contributed by atoms with Crippen LogP contribution in [0.1, 0.15) is 56.2 Å². The number of nitrogens with one attached hydrogen (secondary N) is 1. The van der Waals surface area contributed by atoms with E-state index < -0.39 is 0 Å². The van der Waals surface area contributed by atoms with Gasteiger partial charge in [-0.2, -0.15) is 0 Å². The molecule has 0 spiro atoms. The second-order valence-corrected chi connectivity index (χ2v) is 5.65. The number of rotatable bonds is 7. The van der Waals surface area contributed by atoms with Crippen molar-refractivity contribution in [3.63, 3.8) is 0 Å². The molecule has 1 aliphatic carbocycles. The smallest absolute Gasteiger partial charge is 0.0959 e. The maximum Gasteiger partial charge on any atom is 0.0959 e. The van der Waals surface area contributed by atoms with Crippen molar-refractivity contribution in [2.24, 2.45) is 5.92 Å². The summed E-state index contributed by atoms with van der Waals surface area (Å²) < 4.78 is 0. The largest absolute Gasteiger partial charge is 0.311 e. The third-order valence-corrected chi connectivity index (χ3v) is 4.45. The van der Waals surface area contributed by atoms with E-state index in [0.29, 0.717) is 0 Å². The first-order valence-electron chi connectivity index (χ1n) is 6.48. The Morgan fingerprint density at radius 3 is 2.81 bits per heavy atom. The zero-order valence-electron chi connectivity index (χ0n) is 10.3. The van der Waals surface area contributed by atoms with E-state index in [1.54, 1.807) is 0 Å². The molecule has 0 unspecified atom stereocenters. The van der Waals surface area contributed by atoms with Crippen molar-refractivity contribution in [1.82, 2.24) is 10.3 Å². The average Bonchev–Trinajstić information content (AvgIpc) is 3.05. The van der Waals surface area contributed by atoms with Gasteiger partial charge in [0.25, 0.3) is 0 Å². The standard InChI is InChI=1S/C13H22N2S/c1-3-10(4-2)7-14-8-12-9-16-13(15-12)11-5-6-11/h9-11,14H,3-8H2,1-2H3. The molecule has 0 radical (unpaired) electrons. The predicted molar refractivity (Wildman–Crippen MR) is 69.9 cm³/mol. The minimum absolute atomic E-state index is 0.804. The highest BCUT2D eigenvalue weighted by molar-refractivity contribution is 7.09. The van der Waals surface area contributed by atoms with Gasteiger partial charge in [-0.25, -0.2) is 4.98 Å². The van der Waals surface area contributed by atoms with E-state index in [4.69, 9.17) is 0 Å². The van der Waals surface area contributed by atoms with E-state index in [1.807, 2.05) is 11.3 Å². The molecule has 3 heteroatoms. The summed E-state index contributed by atoms with van der Waals surface area (Å²) in [5.74, 6) is 1.62. The molecule has 1 N–H and O–H groups in total. The molecule has 1 fully saturated rings. The Balaban J connectivity index is 1.71. The van der Waals surface area contributed by atoms with Crippen molar-refractivity contribution in [2.75, 3.05) is 6.54 Å². The van der Waals surface area contributed by atoms with Gasteiger partial charge in [-0.3, -0.25) is 0 Å². The van der Waals surface area contributed by atoms with E-state index in [9.17, 15) is 0 Å². The van der Waals surface area contributed by atoms with E-state index in [-0.39, 0.29) is 0 Å². The fourth-order valence-corrected chi connectivity index (χ4v) is 2.89. The van der Waals surface area contributed by atoms with E-state index in [1.165, 1.54) is 36.4 Å². The second kappa shape index (κ2) is 5.78. The van der Waals surface area contributed by atoms with E-state index in [0.717, 1.165) is 24.9 Å². The number of nitrogens with zero attached hydrogens (tertiary/aromatic N) is 1. The lowest BCUT2D eigenvalue weighted by atomic mass is 10.0. The minimum atomic E-state index is 0.804. The van der Waals surface area contributed by atoms with E-state index in [2.05, 4.69) is 29.5 Å². The van der Waals surface area contributed by atoms with Crippen LogP contribution in [0.5, 0.6) is 0 Å². The van der Waals surface area contributed by atoms with Crippen molar-refractivity contribution in [3.8, 4) is 0 Å². The monoisotopic (exact) mass is 238 g/mol. The summed E-state index contributed by atoms with van der Waals surface area (Å²) in [4.78, 5) is 4.68. The summed E-state index contributed by atoms with van der Waals surface area (Å²) >= 11 is 1.84. The van der Waals surface area contributed by atoms with Crippen LogP contribution < -0.4 is 5.32 Å². The van der Waals surface area contributed by atoms with Gasteiger partial charge >= 0.3 is 0 Å². The molecule has 1 aromatic rings. The Hall–Kier alpha value is -0.410. The fourth-order valence-electron chi connectivity index (χ4n) is 1.90. The molecule has 1 aromatic heterocycles. The summed E-state index contributed by atoms with van der Waals surface area (Å²) in [6.07, 6.45) is 5.25. The molecule has 90 valence electrons. The molecular weight excluding hydrogens is 216 g/mol. The molecule has 1 heterocycles. The topological polar surface area (TPSA) is 24.9 Å². The highest BCUT2D eigenvalue weighted by Crippen LogP contribution is 2.41. The first-order valence-corrected chi connectivity index (χ1v) is 7.36. The van der Waals surface area contributed by atoms with Crippen LogP contribution in [-0.2, 0) is 6.54 Å². The molecule has 0 aromatic carbocycles. The third-order valence-electron chi connectivity index (χ3n) is 3.39. The Morgan fingerprint density at radius 1 is 1.44 bits per heavy atom. The molecule has 1 aliphatic rings. The quantitative estimate of drug-likeness (QED) is 0.786. The summed E-state index contributed by atoms with van der Waals surface area (Å²) in [6, 6.07) is 0. The van der Waals surface area contributed by atoms with Gasteiger partial charge in [-0.05, 0) is 25.3 Å². The van der Waals surface area contributed by atoms with Crippen molar-refractivity contribution >= 4 is 11.3 Å². The number of hydrogen-bond donors (Lipinski definition) is 1. The van der Waals surface area contributed by atoms with Crippen LogP contribution in [0.2, 0.25) is 0 Å². The Morgan fingerprint density at radius 2 is 2.19 bits per heavy atom. The van der Waals surface area contributed by atoms with E-state index >= 15 is 0 Å². The summed E-state index contributed by atoms with van der Waals surface area (Å²) in [7, 11) is 0. The predicted octanol–water partition coefficient (Wildman–Crippen LogP) is 3.55. The summed E-state index contributed by atoms with van der Waals surface area (Å²) in [6.45, 7) is 6.61. The van der Waals surface area contributed by atoms with Gasteiger partial charge in [0.15, 0.2) is 0 Å². The van der Waals surface area contributed by atoms with Crippen molar-refractivity contribution in [1.29, 1.82) is 0 Å². The van der Waals surface area contributed by atoms with Crippen molar-refractivity contribution in [2.45, 2.75) is 52.0 Å². The maximum absolute atomic E-state index is 4.68. The van der Waals surface area contributed by atoms with Crippen LogP contribution in [0.15, 0.2) is 5.38 Å². The lowest BCUT2D eigenvalue weighted by molar-refractivity contribution is 0.448. The summed E-state index contributed by atoms with van der Waals surface area (Å²) in [5, 5.41) is 7.10. The number of aromatic nitrogens is 1. The average molecular weight is 238 g/mol. The number of hydrogen-bond acceptors (Lipinski definition) is 3. The Bertz CT molecular complexity index is 313. The first-order chi connectivity index (χ1) is 7.83. The SMILES string of the molecule is CCC(CC)CNCc1csc(C2CC2)n1. The van der Waals surface area contributed by atoms with Crippen LogP contribution in [0.25, 0.3) is 0 Å². The molecule has 0 aliphatic heterocycles. The lowest BCUT2D eigenvalue weighted by Gasteiger charge is -2.12. The molecule has 2 rings (SSSR count). The highest BCUT2D eigenvalue weighted by Gasteiger charge is 2.26. The molecule has 2 nitrogen and oxygen atoms in total. The summed E-state index contributed by atoms with van der Waals surface area (Å²) in [5.41, 5.74) is 1.23. The van der Waals surface area contributed by atoms with Gasteiger partial charge in [0, 0.05) is 17.8 Å². The fraction of sp³-hybridized carbons (Fsp3) is 0.769. The van der Waals surface area contributed by atoms with Crippen LogP contribution in [0.4, 0.5) is 0 Å². The Kier molecular flexibility index (Phi) is 4.36. The minimum Gasteiger partial charge on any atom is -0.311 e. The van der Waals surface area contributed by atoms with Crippen LogP contribution in [0, 0.1) is 5.92 Å². The molecule has 0 saturated heterocycles. The Labute approximate surface area is 102 Å². The molecular formula is C13H22N2S. The molecule has 16 heavy (non-hydrogen) atoms. The first kappa shape index (κ1) is 12.1. The normalized spacial score (nSPS) is 15.9. The zero-order valence-corrected chi connectivity index (χ0v) is 11.1. The van der Waals surface area contributed by atoms with Crippen LogP contribution in [-0.4, -0.2) is 11.5 Å². The molecule has 0 bridgehead atoms. The van der Waals surface area contributed by atoms with Crippen LogP contribution >= 0.6 is 11.3 Å².